The van der Waals surface area contributed by atoms with E-state index in [4.69, 9.17) is 5.11 Å². The number of carbonyl (C=O) groups excluding carboxylic acids is 1. The second-order valence-corrected chi connectivity index (χ2v) is 5.87. The van der Waals surface area contributed by atoms with Gasteiger partial charge in [-0.05, 0) is 52.2 Å². The maximum absolute atomic E-state index is 12.8. The summed E-state index contributed by atoms with van der Waals surface area (Å²) in [6.07, 6.45) is 0.241. The van der Waals surface area contributed by atoms with Crippen molar-refractivity contribution in [2.45, 2.75) is 58.7 Å². The summed E-state index contributed by atoms with van der Waals surface area (Å²) in [7, 11) is 0. The van der Waals surface area contributed by atoms with Gasteiger partial charge in [0, 0.05) is 24.3 Å². The van der Waals surface area contributed by atoms with Gasteiger partial charge in [0.15, 0.2) is 0 Å². The molecule has 0 heterocycles. The molecule has 1 aromatic carbocycles. The first-order valence-electron chi connectivity index (χ1n) is 7.60. The quantitative estimate of drug-likeness (QED) is 0.812. The lowest BCUT2D eigenvalue weighted by molar-refractivity contribution is 0.0635. The molecule has 0 saturated heterocycles. The van der Waals surface area contributed by atoms with Crippen LogP contribution in [0.2, 0.25) is 0 Å². The molecular formula is C17H27NO3. The Kier molecular flexibility index (Phi) is 6.85. The first-order chi connectivity index (χ1) is 9.90. The molecule has 1 unspecified atom stereocenters. The second-order valence-electron chi connectivity index (χ2n) is 5.87. The van der Waals surface area contributed by atoms with Gasteiger partial charge in [0.2, 0.25) is 0 Å². The van der Waals surface area contributed by atoms with Crippen molar-refractivity contribution < 1.29 is 15.0 Å². The molecule has 1 amide bonds. The minimum atomic E-state index is -0.724. The highest BCUT2D eigenvalue weighted by atomic mass is 16.3. The van der Waals surface area contributed by atoms with Gasteiger partial charge in [-0.2, -0.15) is 0 Å². The number of amides is 1. The van der Waals surface area contributed by atoms with Crippen molar-refractivity contribution in [2.75, 3.05) is 6.61 Å². The minimum Gasteiger partial charge on any atom is -0.396 e. The number of rotatable bonds is 7. The summed E-state index contributed by atoms with van der Waals surface area (Å²) in [4.78, 5) is 14.6. The third-order valence-electron chi connectivity index (χ3n) is 3.53. The summed E-state index contributed by atoms with van der Waals surface area (Å²) in [5.41, 5.74) is 1.19. The Bertz CT molecular complexity index is 449. The molecule has 0 radical (unpaired) electrons. The molecule has 1 rings (SSSR count). The predicted octanol–water partition coefficient (Wildman–Crippen LogP) is 2.75. The van der Waals surface area contributed by atoms with E-state index in [1.165, 1.54) is 0 Å². The van der Waals surface area contributed by atoms with Gasteiger partial charge >= 0.3 is 0 Å². The summed E-state index contributed by atoms with van der Waals surface area (Å²) in [6.45, 7) is 7.99. The van der Waals surface area contributed by atoms with E-state index in [2.05, 4.69) is 0 Å². The zero-order valence-electron chi connectivity index (χ0n) is 13.4. The maximum atomic E-state index is 12.8. The summed E-state index contributed by atoms with van der Waals surface area (Å²) in [5.74, 6) is -0.0568. The summed E-state index contributed by atoms with van der Waals surface area (Å²) in [5, 5.41) is 19.1. The van der Waals surface area contributed by atoms with Crippen LogP contribution in [0.15, 0.2) is 24.3 Å². The Hall–Kier alpha value is -1.39. The van der Waals surface area contributed by atoms with Crippen LogP contribution in [0.1, 0.15) is 62.6 Å². The lowest BCUT2D eigenvalue weighted by Gasteiger charge is -2.32. The number of aliphatic hydroxyl groups is 2. The Balaban J connectivity index is 3.09. The first-order valence-corrected chi connectivity index (χ1v) is 7.60. The molecule has 1 aromatic rings. The van der Waals surface area contributed by atoms with Crippen LogP contribution in [0.4, 0.5) is 0 Å². The third kappa shape index (κ3) is 4.55. The maximum Gasteiger partial charge on any atom is 0.254 e. The predicted molar refractivity (Wildman–Crippen MR) is 84.2 cm³/mol. The van der Waals surface area contributed by atoms with Gasteiger partial charge in [-0.1, -0.05) is 18.2 Å². The lowest BCUT2D eigenvalue weighted by atomic mass is 9.97. The van der Waals surface area contributed by atoms with E-state index in [0.29, 0.717) is 24.0 Å². The summed E-state index contributed by atoms with van der Waals surface area (Å²) in [6, 6.07) is 7.38. The molecule has 0 aliphatic heterocycles. The highest BCUT2D eigenvalue weighted by Crippen LogP contribution is 2.24. The van der Waals surface area contributed by atoms with Crippen molar-refractivity contribution in [1.82, 2.24) is 4.90 Å². The standard InChI is InChI=1S/C17H27NO3/c1-12(2)18(13(3)4)17(21)15-9-6-5-8-14(15)16(20)10-7-11-19/h5-6,8-9,12-13,16,19-20H,7,10-11H2,1-4H3. The largest absolute Gasteiger partial charge is 0.396 e. The van der Waals surface area contributed by atoms with Gasteiger partial charge in [0.25, 0.3) is 5.91 Å². The number of benzene rings is 1. The van der Waals surface area contributed by atoms with E-state index in [9.17, 15) is 9.90 Å². The fourth-order valence-corrected chi connectivity index (χ4v) is 2.63. The third-order valence-corrected chi connectivity index (χ3v) is 3.53. The van der Waals surface area contributed by atoms with Gasteiger partial charge in [-0.3, -0.25) is 4.79 Å². The monoisotopic (exact) mass is 293 g/mol. The molecule has 0 aromatic heterocycles. The van der Waals surface area contributed by atoms with Crippen LogP contribution < -0.4 is 0 Å². The zero-order valence-corrected chi connectivity index (χ0v) is 13.4. The van der Waals surface area contributed by atoms with Crippen LogP contribution in [0.5, 0.6) is 0 Å². The number of carbonyl (C=O) groups is 1. The Morgan fingerprint density at radius 3 is 2.24 bits per heavy atom. The topological polar surface area (TPSA) is 60.8 Å². The van der Waals surface area contributed by atoms with E-state index in [-0.39, 0.29) is 24.6 Å². The number of hydrogen-bond acceptors (Lipinski definition) is 3. The van der Waals surface area contributed by atoms with E-state index < -0.39 is 6.10 Å². The van der Waals surface area contributed by atoms with E-state index >= 15 is 0 Å². The molecule has 118 valence electrons. The van der Waals surface area contributed by atoms with Crippen LogP contribution in [0.3, 0.4) is 0 Å². The molecule has 0 spiro atoms. The van der Waals surface area contributed by atoms with Gasteiger partial charge in [0.05, 0.1) is 6.10 Å². The van der Waals surface area contributed by atoms with Crippen molar-refractivity contribution in [3.8, 4) is 0 Å². The summed E-state index contributed by atoms with van der Waals surface area (Å²) >= 11 is 0. The Morgan fingerprint density at radius 2 is 1.71 bits per heavy atom. The normalized spacial score (nSPS) is 12.8. The van der Waals surface area contributed by atoms with Crippen LogP contribution in [-0.2, 0) is 0 Å². The highest BCUT2D eigenvalue weighted by Gasteiger charge is 2.25. The van der Waals surface area contributed by atoms with Crippen molar-refractivity contribution in [3.05, 3.63) is 35.4 Å². The summed E-state index contributed by atoms with van der Waals surface area (Å²) < 4.78 is 0. The molecule has 21 heavy (non-hydrogen) atoms. The molecule has 4 heteroatoms. The second kappa shape index (κ2) is 8.15. The Morgan fingerprint density at radius 1 is 1.14 bits per heavy atom. The number of nitrogens with zero attached hydrogens (tertiary/aromatic N) is 1. The average Bonchev–Trinajstić information content (AvgIpc) is 2.43. The molecule has 0 fully saturated rings. The molecule has 2 N–H and O–H groups in total. The van der Waals surface area contributed by atoms with Gasteiger partial charge < -0.3 is 15.1 Å². The molecule has 4 nitrogen and oxygen atoms in total. The van der Waals surface area contributed by atoms with Crippen molar-refractivity contribution in [3.63, 3.8) is 0 Å². The van der Waals surface area contributed by atoms with Crippen LogP contribution in [0, 0.1) is 0 Å². The fourth-order valence-electron chi connectivity index (χ4n) is 2.63. The first kappa shape index (κ1) is 17.7. The van der Waals surface area contributed by atoms with Crippen molar-refractivity contribution in [2.24, 2.45) is 0 Å². The van der Waals surface area contributed by atoms with E-state index in [1.807, 2.05) is 44.7 Å². The van der Waals surface area contributed by atoms with Gasteiger partial charge in [-0.15, -0.1) is 0 Å². The van der Waals surface area contributed by atoms with Crippen molar-refractivity contribution >= 4 is 5.91 Å². The SMILES string of the molecule is CC(C)N(C(=O)c1ccccc1C(O)CCCO)C(C)C. The Labute approximate surface area is 127 Å². The fraction of sp³-hybridized carbons (Fsp3) is 0.588. The number of hydrogen-bond donors (Lipinski definition) is 2. The van der Waals surface area contributed by atoms with Crippen LogP contribution in [-0.4, -0.2) is 39.7 Å². The molecule has 0 aliphatic rings. The highest BCUT2D eigenvalue weighted by molar-refractivity contribution is 5.96. The van der Waals surface area contributed by atoms with Crippen molar-refractivity contribution in [1.29, 1.82) is 0 Å². The number of aliphatic hydroxyl groups excluding tert-OH is 2. The van der Waals surface area contributed by atoms with E-state index in [0.717, 1.165) is 0 Å². The molecule has 0 bridgehead atoms. The molecule has 0 aliphatic carbocycles. The lowest BCUT2D eigenvalue weighted by Crippen LogP contribution is -2.42. The molecule has 0 saturated carbocycles. The zero-order chi connectivity index (χ0) is 16.0. The van der Waals surface area contributed by atoms with Gasteiger partial charge in [-0.25, -0.2) is 0 Å². The van der Waals surface area contributed by atoms with E-state index in [1.54, 1.807) is 12.1 Å². The smallest absolute Gasteiger partial charge is 0.254 e. The molecular weight excluding hydrogens is 266 g/mol. The van der Waals surface area contributed by atoms with Crippen LogP contribution in [0.25, 0.3) is 0 Å². The average molecular weight is 293 g/mol. The van der Waals surface area contributed by atoms with Crippen LogP contribution >= 0.6 is 0 Å². The molecule has 1 atom stereocenters. The van der Waals surface area contributed by atoms with Gasteiger partial charge in [0.1, 0.15) is 0 Å². The minimum absolute atomic E-state index is 0.0390.